The summed E-state index contributed by atoms with van der Waals surface area (Å²) in [6, 6.07) is 21.4. The zero-order chi connectivity index (χ0) is 22.3. The highest BCUT2D eigenvalue weighted by atomic mass is 79.9. The van der Waals surface area contributed by atoms with Gasteiger partial charge in [0.05, 0.1) is 10.2 Å². The summed E-state index contributed by atoms with van der Waals surface area (Å²) in [7, 11) is 0. The predicted molar refractivity (Wildman–Crippen MR) is 139 cm³/mol. The maximum Gasteiger partial charge on any atom is 0.0630 e. The van der Waals surface area contributed by atoms with Crippen molar-refractivity contribution >= 4 is 60.5 Å². The highest BCUT2D eigenvalue weighted by molar-refractivity contribution is 9.13. The molecule has 0 atom stereocenters. The molecule has 0 heterocycles. The lowest BCUT2D eigenvalue weighted by molar-refractivity contribution is 0.590. The Balaban J connectivity index is 2.17. The highest BCUT2D eigenvalue weighted by Crippen LogP contribution is 2.44. The van der Waals surface area contributed by atoms with Gasteiger partial charge < -0.3 is 4.90 Å². The molecule has 3 aromatic rings. The van der Waals surface area contributed by atoms with Crippen LogP contribution in [0.25, 0.3) is 0 Å². The smallest absolute Gasteiger partial charge is 0.0630 e. The maximum atomic E-state index is 6.43. The third-order valence-electron chi connectivity index (χ3n) is 5.20. The molecule has 0 aliphatic heterocycles. The fraction of sp³-hybridized carbons (Fsp3) is 0.308. The largest absolute Gasteiger partial charge is 0.309 e. The van der Waals surface area contributed by atoms with Gasteiger partial charge >= 0.3 is 0 Å². The van der Waals surface area contributed by atoms with E-state index in [1.165, 1.54) is 11.1 Å². The summed E-state index contributed by atoms with van der Waals surface area (Å²) < 4.78 is 1.89. The normalized spacial score (nSPS) is 12.2. The summed E-state index contributed by atoms with van der Waals surface area (Å²) in [6.07, 6.45) is 0. The number of hydrogen-bond donors (Lipinski definition) is 0. The van der Waals surface area contributed by atoms with Crippen LogP contribution in [0, 0.1) is 0 Å². The average molecular weight is 550 g/mol. The number of benzene rings is 3. The second-order valence-electron chi connectivity index (χ2n) is 9.65. The van der Waals surface area contributed by atoms with Crippen molar-refractivity contribution in [1.82, 2.24) is 0 Å². The first-order valence-corrected chi connectivity index (χ1v) is 12.0. The van der Waals surface area contributed by atoms with Crippen LogP contribution in [-0.2, 0) is 10.8 Å². The van der Waals surface area contributed by atoms with Crippen LogP contribution < -0.4 is 4.90 Å². The first-order chi connectivity index (χ1) is 13.9. The molecule has 0 saturated heterocycles. The van der Waals surface area contributed by atoms with Crippen LogP contribution in [0.4, 0.5) is 17.1 Å². The average Bonchev–Trinajstić information content (AvgIpc) is 2.65. The fourth-order valence-electron chi connectivity index (χ4n) is 3.35. The molecule has 0 N–H and O–H groups in total. The lowest BCUT2D eigenvalue weighted by atomic mass is 9.86. The molecule has 0 aliphatic rings. The van der Waals surface area contributed by atoms with Crippen molar-refractivity contribution in [2.75, 3.05) is 4.90 Å². The number of halogens is 3. The molecule has 30 heavy (non-hydrogen) atoms. The molecule has 0 radical (unpaired) electrons. The van der Waals surface area contributed by atoms with E-state index in [1.807, 2.05) is 12.1 Å². The van der Waals surface area contributed by atoms with Crippen molar-refractivity contribution < 1.29 is 0 Å². The minimum Gasteiger partial charge on any atom is -0.309 e. The molecule has 0 fully saturated rings. The number of anilines is 3. The van der Waals surface area contributed by atoms with Gasteiger partial charge in [-0.25, -0.2) is 0 Å². The molecular weight excluding hydrogens is 522 g/mol. The Labute approximate surface area is 202 Å². The molecule has 0 bridgehead atoms. The zero-order valence-electron chi connectivity index (χ0n) is 18.4. The molecule has 158 valence electrons. The van der Waals surface area contributed by atoms with Gasteiger partial charge in [0, 0.05) is 20.9 Å². The van der Waals surface area contributed by atoms with E-state index < -0.39 is 0 Å². The lowest BCUT2D eigenvalue weighted by Gasteiger charge is -2.29. The number of hydrogen-bond acceptors (Lipinski definition) is 1. The van der Waals surface area contributed by atoms with Gasteiger partial charge in [0.15, 0.2) is 0 Å². The molecule has 1 nitrogen and oxygen atoms in total. The van der Waals surface area contributed by atoms with E-state index in [0.29, 0.717) is 5.02 Å². The highest BCUT2D eigenvalue weighted by Gasteiger charge is 2.21. The Kier molecular flexibility index (Phi) is 6.77. The topological polar surface area (TPSA) is 3.24 Å². The standard InChI is InChI=1S/C26H28Br2ClN/c1-25(2,3)17-7-11-20(12-8-17)30(23-16-19(29)15-22(27)24(23)28)21-13-9-18(10-14-21)26(4,5)6/h7-16H,1-6H3. The Morgan fingerprint density at radius 1 is 0.667 bits per heavy atom. The van der Waals surface area contributed by atoms with Crippen molar-refractivity contribution in [2.45, 2.75) is 52.4 Å². The minimum atomic E-state index is 0.109. The van der Waals surface area contributed by atoms with Gasteiger partial charge in [0.1, 0.15) is 0 Å². The van der Waals surface area contributed by atoms with E-state index in [2.05, 4.69) is 127 Å². The number of nitrogens with zero attached hydrogens (tertiary/aromatic N) is 1. The van der Waals surface area contributed by atoms with E-state index >= 15 is 0 Å². The van der Waals surface area contributed by atoms with Crippen molar-refractivity contribution in [3.8, 4) is 0 Å². The van der Waals surface area contributed by atoms with E-state index in [9.17, 15) is 0 Å². The fourth-order valence-corrected chi connectivity index (χ4v) is 4.55. The molecule has 3 aromatic carbocycles. The van der Waals surface area contributed by atoms with Crippen molar-refractivity contribution in [3.05, 3.63) is 85.8 Å². The van der Waals surface area contributed by atoms with Crippen LogP contribution in [0.2, 0.25) is 5.02 Å². The van der Waals surface area contributed by atoms with Gasteiger partial charge in [-0.3, -0.25) is 0 Å². The van der Waals surface area contributed by atoms with Gasteiger partial charge in [0.25, 0.3) is 0 Å². The van der Waals surface area contributed by atoms with E-state index in [4.69, 9.17) is 11.6 Å². The monoisotopic (exact) mass is 547 g/mol. The van der Waals surface area contributed by atoms with Crippen LogP contribution in [0.5, 0.6) is 0 Å². The molecule has 0 spiro atoms. The third kappa shape index (κ3) is 5.12. The summed E-state index contributed by atoms with van der Waals surface area (Å²) in [5.74, 6) is 0. The Bertz CT molecular complexity index is 969. The zero-order valence-corrected chi connectivity index (χ0v) is 22.3. The van der Waals surface area contributed by atoms with Crippen molar-refractivity contribution in [2.24, 2.45) is 0 Å². The summed E-state index contributed by atoms with van der Waals surface area (Å²) in [4.78, 5) is 2.24. The summed E-state index contributed by atoms with van der Waals surface area (Å²) in [5, 5.41) is 0.683. The van der Waals surface area contributed by atoms with E-state index in [0.717, 1.165) is 26.0 Å². The molecule has 0 aliphatic carbocycles. The van der Waals surface area contributed by atoms with Crippen LogP contribution in [0.3, 0.4) is 0 Å². The molecule has 0 saturated carbocycles. The molecule has 0 aromatic heterocycles. The summed E-state index contributed by atoms with van der Waals surface area (Å²) in [5.41, 5.74) is 5.99. The van der Waals surface area contributed by atoms with Crippen LogP contribution in [0.1, 0.15) is 52.7 Å². The Hall–Kier alpha value is -1.29. The van der Waals surface area contributed by atoms with Crippen LogP contribution in [-0.4, -0.2) is 0 Å². The second-order valence-corrected chi connectivity index (χ2v) is 11.7. The van der Waals surface area contributed by atoms with Crippen molar-refractivity contribution in [1.29, 1.82) is 0 Å². The van der Waals surface area contributed by atoms with E-state index in [-0.39, 0.29) is 10.8 Å². The molecule has 0 amide bonds. The molecule has 0 unspecified atom stereocenters. The van der Waals surface area contributed by atoms with Gasteiger partial charge in [-0.1, -0.05) is 77.4 Å². The lowest BCUT2D eigenvalue weighted by Crippen LogP contribution is -2.14. The predicted octanol–water partition coefficient (Wildman–Crippen LogP) is 9.93. The maximum absolute atomic E-state index is 6.43. The Morgan fingerprint density at radius 3 is 1.43 bits per heavy atom. The minimum absolute atomic E-state index is 0.109. The van der Waals surface area contributed by atoms with Crippen molar-refractivity contribution in [3.63, 3.8) is 0 Å². The first kappa shape index (κ1) is 23.4. The van der Waals surface area contributed by atoms with E-state index in [1.54, 1.807) is 0 Å². The van der Waals surface area contributed by atoms with Gasteiger partial charge in [0.2, 0.25) is 0 Å². The van der Waals surface area contributed by atoms with Gasteiger partial charge in [-0.2, -0.15) is 0 Å². The molecule has 3 rings (SSSR count). The number of rotatable bonds is 3. The van der Waals surface area contributed by atoms with Crippen LogP contribution in [0.15, 0.2) is 69.6 Å². The SMILES string of the molecule is CC(C)(C)c1ccc(N(c2ccc(C(C)(C)C)cc2)c2cc(Cl)cc(Br)c2Br)cc1. The third-order valence-corrected chi connectivity index (χ3v) is 7.41. The van der Waals surface area contributed by atoms with Crippen LogP contribution >= 0.6 is 43.5 Å². The summed E-state index contributed by atoms with van der Waals surface area (Å²) >= 11 is 13.8. The molecule has 4 heteroatoms. The van der Waals surface area contributed by atoms with Gasteiger partial charge in [-0.15, -0.1) is 0 Å². The first-order valence-electron chi connectivity index (χ1n) is 10.0. The second kappa shape index (κ2) is 8.68. The quantitative estimate of drug-likeness (QED) is 0.294. The summed E-state index contributed by atoms with van der Waals surface area (Å²) in [6.45, 7) is 13.4. The van der Waals surface area contributed by atoms with Gasteiger partial charge in [-0.05, 0) is 90.2 Å². The Morgan fingerprint density at radius 2 is 1.07 bits per heavy atom. The molecular formula is C26H28Br2ClN.